The largest absolute Gasteiger partial charge is 1.00 e. The van der Waals surface area contributed by atoms with Crippen molar-refractivity contribution < 1.29 is 25.7 Å². The van der Waals surface area contributed by atoms with E-state index in [1.807, 2.05) is 0 Å². The van der Waals surface area contributed by atoms with Gasteiger partial charge in [-0.25, -0.2) is 0 Å². The minimum atomic E-state index is -1.92. The molecule has 0 bridgehead atoms. The van der Waals surface area contributed by atoms with E-state index in [0.717, 1.165) is 23.7 Å². The van der Waals surface area contributed by atoms with Crippen LogP contribution in [0.5, 0.6) is 0 Å². The van der Waals surface area contributed by atoms with Gasteiger partial charge < -0.3 is 25.7 Å². The summed E-state index contributed by atoms with van der Waals surface area (Å²) in [5, 5.41) is 0. The predicted molar refractivity (Wildman–Crippen MR) is 109 cm³/mol. The van der Waals surface area contributed by atoms with E-state index in [0.29, 0.717) is 0 Å². The summed E-state index contributed by atoms with van der Waals surface area (Å²) in [6, 6.07) is 1.12. The third kappa shape index (κ3) is 16.3. The monoisotopic (exact) mass is 395 g/mol. The first-order chi connectivity index (χ1) is 11.4. The summed E-state index contributed by atoms with van der Waals surface area (Å²) in [6.07, 6.45) is 12.5. The Labute approximate surface area is 166 Å². The molecule has 0 N–H and O–H groups in total. The van der Waals surface area contributed by atoms with Crippen LogP contribution < -0.4 is 12.4 Å². The molecule has 0 unspecified atom stereocenters. The lowest BCUT2D eigenvalue weighted by atomic mass is 10.1. The van der Waals surface area contributed by atoms with Crippen LogP contribution in [0.25, 0.3) is 0 Å². The third-order valence-corrected chi connectivity index (χ3v) is 7.97. The normalized spacial score (nSPS) is 12.2. The number of hydrogen-bond donors (Lipinski definition) is 0. The molecule has 0 amide bonds. The highest BCUT2D eigenvalue weighted by atomic mass is 35.5. The zero-order valence-corrected chi connectivity index (χ0v) is 19.8. The van der Waals surface area contributed by atoms with Crippen LogP contribution in [0.2, 0.25) is 12.6 Å². The molecule has 25 heavy (non-hydrogen) atoms. The maximum absolute atomic E-state index is 5.95. The summed E-state index contributed by atoms with van der Waals surface area (Å²) in [5.74, 6) is 0. The van der Waals surface area contributed by atoms with Crippen LogP contribution in [0, 0.1) is 0 Å². The molecule has 0 aliphatic heterocycles. The van der Waals surface area contributed by atoms with Gasteiger partial charge in [-0.2, -0.15) is 0 Å². The van der Waals surface area contributed by atoms with Crippen molar-refractivity contribution in [2.75, 3.05) is 40.4 Å². The highest BCUT2D eigenvalue weighted by Crippen LogP contribution is 2.18. The van der Waals surface area contributed by atoms with Gasteiger partial charge in [-0.1, -0.05) is 45.4 Å². The van der Waals surface area contributed by atoms with Crippen molar-refractivity contribution in [2.45, 2.75) is 91.1 Å². The van der Waals surface area contributed by atoms with Crippen molar-refractivity contribution in [2.24, 2.45) is 0 Å². The molecular weight excluding hydrogens is 350 g/mol. The van der Waals surface area contributed by atoms with E-state index in [4.69, 9.17) is 8.85 Å². The Balaban J connectivity index is 0. The molecule has 0 saturated heterocycles. The Morgan fingerprint density at radius 3 is 1.60 bits per heavy atom. The molecule has 0 aliphatic carbocycles. The van der Waals surface area contributed by atoms with Gasteiger partial charge in [0.15, 0.2) is 0 Å². The number of unbranched alkanes of at least 4 members (excludes halogenated alkanes) is 7. The fraction of sp³-hybridized carbons (Fsp3) is 1.00. The molecule has 0 aromatic heterocycles. The summed E-state index contributed by atoms with van der Waals surface area (Å²) < 4.78 is 13.0. The van der Waals surface area contributed by atoms with Crippen molar-refractivity contribution in [3.05, 3.63) is 0 Å². The highest BCUT2D eigenvalue weighted by Gasteiger charge is 2.31. The summed E-state index contributed by atoms with van der Waals surface area (Å²) in [5.41, 5.74) is 0. The first-order valence-electron chi connectivity index (χ1n) is 10.5. The van der Waals surface area contributed by atoms with Gasteiger partial charge in [0, 0.05) is 13.2 Å². The van der Waals surface area contributed by atoms with E-state index < -0.39 is 8.56 Å². The average molecular weight is 396 g/mol. The van der Waals surface area contributed by atoms with E-state index in [1.165, 1.54) is 70.9 Å². The number of quaternary nitrogens is 1. The second kappa shape index (κ2) is 16.6. The fourth-order valence-corrected chi connectivity index (χ4v) is 5.80. The fourth-order valence-electron chi connectivity index (χ4n) is 3.41. The molecule has 0 aromatic rings. The Morgan fingerprint density at radius 1 is 0.680 bits per heavy atom. The SMILES string of the molecule is CCCCCCCCCC[N+](C)(C)CCC[Si](C)(OCC)OCC.[Cl-]. The van der Waals surface area contributed by atoms with Gasteiger partial charge in [0.05, 0.1) is 27.2 Å². The van der Waals surface area contributed by atoms with Crippen LogP contribution in [-0.4, -0.2) is 53.4 Å². The van der Waals surface area contributed by atoms with E-state index in [1.54, 1.807) is 0 Å². The van der Waals surface area contributed by atoms with Crippen molar-refractivity contribution in [3.63, 3.8) is 0 Å². The molecule has 0 aliphatic rings. The van der Waals surface area contributed by atoms with Gasteiger partial charge in [0.2, 0.25) is 0 Å². The van der Waals surface area contributed by atoms with Gasteiger partial charge in [0.1, 0.15) is 0 Å². The maximum atomic E-state index is 5.95. The number of hydrogen-bond acceptors (Lipinski definition) is 2. The van der Waals surface area contributed by atoms with Gasteiger partial charge in [0.25, 0.3) is 0 Å². The van der Waals surface area contributed by atoms with Crippen LogP contribution in [0.1, 0.15) is 78.6 Å². The molecular formula is C20H46ClNO2Si. The number of halogens is 1. The summed E-state index contributed by atoms with van der Waals surface area (Å²) in [4.78, 5) is 0. The van der Waals surface area contributed by atoms with Crippen molar-refractivity contribution >= 4 is 8.56 Å². The molecule has 0 spiro atoms. The lowest BCUT2D eigenvalue weighted by Gasteiger charge is -2.32. The molecule has 154 valence electrons. The molecule has 0 atom stereocenters. The standard InChI is InChI=1S/C20H46NO2Si.ClH/c1-7-10-11-12-13-14-15-16-18-21(4,5)19-17-20-24(6,22-8-2)23-9-3;/h7-20H2,1-6H3;1H/q+1;/p-1. The summed E-state index contributed by atoms with van der Waals surface area (Å²) in [7, 11) is 2.83. The average Bonchev–Trinajstić information content (AvgIpc) is 2.50. The zero-order chi connectivity index (χ0) is 18.3. The van der Waals surface area contributed by atoms with E-state index in [2.05, 4.69) is 41.4 Å². The van der Waals surface area contributed by atoms with Crippen molar-refractivity contribution in [3.8, 4) is 0 Å². The molecule has 5 heteroatoms. The van der Waals surface area contributed by atoms with E-state index in [-0.39, 0.29) is 12.4 Å². The zero-order valence-electron chi connectivity index (χ0n) is 18.0. The van der Waals surface area contributed by atoms with Gasteiger partial charge in [-0.05, 0) is 45.7 Å². The maximum Gasteiger partial charge on any atom is 0.335 e. The van der Waals surface area contributed by atoms with Crippen LogP contribution in [0.4, 0.5) is 0 Å². The second-order valence-electron chi connectivity index (χ2n) is 7.96. The topological polar surface area (TPSA) is 18.5 Å². The van der Waals surface area contributed by atoms with Crippen LogP contribution in [-0.2, 0) is 8.85 Å². The van der Waals surface area contributed by atoms with E-state index in [9.17, 15) is 0 Å². The number of rotatable bonds is 17. The van der Waals surface area contributed by atoms with Gasteiger partial charge in [-0.15, -0.1) is 0 Å². The smallest absolute Gasteiger partial charge is 0.335 e. The van der Waals surface area contributed by atoms with E-state index >= 15 is 0 Å². The number of nitrogens with zero attached hydrogens (tertiary/aromatic N) is 1. The Kier molecular flexibility index (Phi) is 18.3. The third-order valence-electron chi connectivity index (χ3n) is 4.91. The van der Waals surface area contributed by atoms with Crippen LogP contribution in [0.3, 0.4) is 0 Å². The molecule has 0 radical (unpaired) electrons. The molecule has 0 heterocycles. The molecule has 0 rings (SSSR count). The van der Waals surface area contributed by atoms with Gasteiger partial charge >= 0.3 is 8.56 Å². The minimum absolute atomic E-state index is 0. The Hall–Kier alpha value is 0.387. The lowest BCUT2D eigenvalue weighted by Crippen LogP contribution is -3.00. The van der Waals surface area contributed by atoms with Crippen molar-refractivity contribution in [1.29, 1.82) is 0 Å². The van der Waals surface area contributed by atoms with Gasteiger partial charge in [-0.3, -0.25) is 0 Å². The molecule has 0 saturated carbocycles. The lowest BCUT2D eigenvalue weighted by molar-refractivity contribution is -0.890. The first-order valence-corrected chi connectivity index (χ1v) is 13.0. The minimum Gasteiger partial charge on any atom is -1.00 e. The molecule has 0 fully saturated rings. The Morgan fingerprint density at radius 2 is 1.12 bits per heavy atom. The quantitative estimate of drug-likeness (QED) is 0.214. The predicted octanol–water partition coefficient (Wildman–Crippen LogP) is 2.74. The molecule has 0 aromatic carbocycles. The van der Waals surface area contributed by atoms with Crippen LogP contribution >= 0.6 is 0 Å². The Bertz CT molecular complexity index is 285. The summed E-state index contributed by atoms with van der Waals surface area (Å²) >= 11 is 0. The molecule has 3 nitrogen and oxygen atoms in total. The second-order valence-corrected chi connectivity index (χ2v) is 11.3. The van der Waals surface area contributed by atoms with Crippen LogP contribution in [0.15, 0.2) is 0 Å². The summed E-state index contributed by atoms with van der Waals surface area (Å²) in [6.45, 7) is 12.7. The first kappa shape index (κ1) is 27.6. The highest BCUT2D eigenvalue weighted by molar-refractivity contribution is 6.66. The van der Waals surface area contributed by atoms with Crippen molar-refractivity contribution in [1.82, 2.24) is 0 Å².